The van der Waals surface area contributed by atoms with Gasteiger partial charge >= 0.3 is 0 Å². The molecule has 106 valence electrons. The zero-order chi connectivity index (χ0) is 14.9. The van der Waals surface area contributed by atoms with Gasteiger partial charge in [0.2, 0.25) is 0 Å². The van der Waals surface area contributed by atoms with Gasteiger partial charge in [0.15, 0.2) is 0 Å². The summed E-state index contributed by atoms with van der Waals surface area (Å²) < 4.78 is 6.67. The van der Waals surface area contributed by atoms with Crippen LogP contribution in [-0.4, -0.2) is 7.11 Å². The summed E-state index contributed by atoms with van der Waals surface area (Å²) in [5, 5.41) is 0.744. The van der Waals surface area contributed by atoms with Crippen LogP contribution in [0.5, 0.6) is 5.75 Å². The van der Waals surface area contributed by atoms with Crippen LogP contribution in [0.1, 0.15) is 27.1 Å². The summed E-state index contributed by atoms with van der Waals surface area (Å²) in [5.41, 5.74) is 4.38. The molecule has 0 aliphatic heterocycles. The second kappa shape index (κ2) is 6.50. The molecular formula is C16H15Br2ClO. The number of alkyl halides is 1. The van der Waals surface area contributed by atoms with E-state index in [0.717, 1.165) is 37.5 Å². The van der Waals surface area contributed by atoms with E-state index in [0.29, 0.717) is 0 Å². The van der Waals surface area contributed by atoms with Crippen molar-refractivity contribution in [3.05, 3.63) is 62.1 Å². The topological polar surface area (TPSA) is 9.23 Å². The average molecular weight is 419 g/mol. The third-order valence-electron chi connectivity index (χ3n) is 3.34. The summed E-state index contributed by atoms with van der Waals surface area (Å²) >= 11 is 13.7. The van der Waals surface area contributed by atoms with Crippen LogP contribution in [0.2, 0.25) is 5.02 Å². The number of aryl methyl sites for hydroxylation is 1. The van der Waals surface area contributed by atoms with Gasteiger partial charge in [0.1, 0.15) is 5.75 Å². The van der Waals surface area contributed by atoms with E-state index in [2.05, 4.69) is 44.8 Å². The Morgan fingerprint density at radius 2 is 1.85 bits per heavy atom. The number of halogens is 3. The van der Waals surface area contributed by atoms with Gasteiger partial charge in [-0.3, -0.25) is 0 Å². The fourth-order valence-corrected chi connectivity index (χ4v) is 4.17. The van der Waals surface area contributed by atoms with Gasteiger partial charge < -0.3 is 4.74 Å². The quantitative estimate of drug-likeness (QED) is 0.538. The molecule has 0 aromatic heterocycles. The van der Waals surface area contributed by atoms with E-state index in [-0.39, 0.29) is 4.83 Å². The Labute approximate surface area is 141 Å². The van der Waals surface area contributed by atoms with E-state index in [4.69, 9.17) is 16.3 Å². The summed E-state index contributed by atoms with van der Waals surface area (Å²) in [6, 6.07) is 9.92. The first-order valence-corrected chi connectivity index (χ1v) is 8.28. The first-order valence-electron chi connectivity index (χ1n) is 6.19. The summed E-state index contributed by atoms with van der Waals surface area (Å²) in [5.74, 6) is 0.896. The van der Waals surface area contributed by atoms with Crippen molar-refractivity contribution >= 4 is 43.5 Å². The van der Waals surface area contributed by atoms with Crippen molar-refractivity contribution in [3.8, 4) is 5.75 Å². The van der Waals surface area contributed by atoms with Crippen molar-refractivity contribution in [1.29, 1.82) is 0 Å². The van der Waals surface area contributed by atoms with Gasteiger partial charge in [0.05, 0.1) is 11.9 Å². The van der Waals surface area contributed by atoms with Crippen molar-refractivity contribution < 1.29 is 4.74 Å². The highest BCUT2D eigenvalue weighted by atomic mass is 79.9. The fourth-order valence-electron chi connectivity index (χ4n) is 2.29. The zero-order valence-electron chi connectivity index (χ0n) is 11.5. The predicted molar refractivity (Wildman–Crippen MR) is 92.4 cm³/mol. The monoisotopic (exact) mass is 416 g/mol. The Balaban J connectivity index is 2.66. The van der Waals surface area contributed by atoms with Gasteiger partial charge in [0, 0.05) is 15.1 Å². The molecule has 0 heterocycles. The lowest BCUT2D eigenvalue weighted by Crippen LogP contribution is -2.03. The standard InChI is InChI=1S/C16H15Br2ClO/c1-9-8-12(17)10(2)14(16(9)20-3)15(18)11-6-4-5-7-13(11)19/h4-8,15H,1-3H3. The Hall–Kier alpha value is -0.510. The van der Waals surface area contributed by atoms with E-state index in [1.807, 2.05) is 31.2 Å². The van der Waals surface area contributed by atoms with E-state index in [9.17, 15) is 0 Å². The Bertz CT molecular complexity index is 641. The molecule has 0 spiro atoms. The van der Waals surface area contributed by atoms with Crippen molar-refractivity contribution in [2.24, 2.45) is 0 Å². The van der Waals surface area contributed by atoms with Crippen LogP contribution < -0.4 is 4.74 Å². The molecular weight excluding hydrogens is 403 g/mol. The zero-order valence-corrected chi connectivity index (χ0v) is 15.4. The van der Waals surface area contributed by atoms with Gasteiger partial charge in [-0.25, -0.2) is 0 Å². The number of hydrogen-bond donors (Lipinski definition) is 0. The van der Waals surface area contributed by atoms with E-state index in [1.165, 1.54) is 0 Å². The highest BCUT2D eigenvalue weighted by Gasteiger charge is 2.22. The summed E-state index contributed by atoms with van der Waals surface area (Å²) in [6.45, 7) is 4.12. The molecule has 0 bridgehead atoms. The minimum Gasteiger partial charge on any atom is -0.496 e. The molecule has 1 atom stereocenters. The molecule has 2 aromatic carbocycles. The minimum atomic E-state index is -0.0117. The number of benzene rings is 2. The van der Waals surface area contributed by atoms with Crippen LogP contribution in [0.15, 0.2) is 34.8 Å². The first kappa shape index (κ1) is 15.9. The second-order valence-electron chi connectivity index (χ2n) is 4.63. The summed E-state index contributed by atoms with van der Waals surface area (Å²) in [6.07, 6.45) is 0. The van der Waals surface area contributed by atoms with E-state index < -0.39 is 0 Å². The molecule has 0 amide bonds. The van der Waals surface area contributed by atoms with Crippen molar-refractivity contribution in [3.63, 3.8) is 0 Å². The number of hydrogen-bond acceptors (Lipinski definition) is 1. The van der Waals surface area contributed by atoms with Gasteiger partial charge in [0.25, 0.3) is 0 Å². The molecule has 0 radical (unpaired) electrons. The van der Waals surface area contributed by atoms with E-state index in [1.54, 1.807) is 7.11 Å². The predicted octanol–water partition coefficient (Wildman–Crippen LogP) is 6.21. The van der Waals surface area contributed by atoms with Gasteiger partial charge in [-0.15, -0.1) is 0 Å². The Morgan fingerprint density at radius 3 is 2.45 bits per heavy atom. The second-order valence-corrected chi connectivity index (χ2v) is 6.81. The molecule has 0 aliphatic rings. The molecule has 0 aliphatic carbocycles. The lowest BCUT2D eigenvalue weighted by Gasteiger charge is -2.21. The van der Waals surface area contributed by atoms with Gasteiger partial charge in [-0.1, -0.05) is 61.7 Å². The third kappa shape index (κ3) is 2.90. The normalized spacial score (nSPS) is 12.3. The maximum absolute atomic E-state index is 6.31. The molecule has 2 rings (SSSR count). The van der Waals surface area contributed by atoms with Crippen molar-refractivity contribution in [2.45, 2.75) is 18.7 Å². The Morgan fingerprint density at radius 1 is 1.20 bits per heavy atom. The molecule has 20 heavy (non-hydrogen) atoms. The maximum atomic E-state index is 6.31. The fraction of sp³-hybridized carbons (Fsp3) is 0.250. The van der Waals surface area contributed by atoms with Crippen molar-refractivity contribution in [2.75, 3.05) is 7.11 Å². The first-order chi connectivity index (χ1) is 9.47. The molecule has 1 nitrogen and oxygen atoms in total. The molecule has 2 aromatic rings. The molecule has 1 unspecified atom stereocenters. The third-order valence-corrected chi connectivity index (χ3v) is 5.46. The molecule has 0 fully saturated rings. The molecule has 0 saturated carbocycles. The largest absolute Gasteiger partial charge is 0.496 e. The minimum absolute atomic E-state index is 0.0117. The van der Waals surface area contributed by atoms with Crippen LogP contribution in [0, 0.1) is 13.8 Å². The van der Waals surface area contributed by atoms with E-state index >= 15 is 0 Å². The lowest BCUT2D eigenvalue weighted by atomic mass is 9.97. The molecule has 4 heteroatoms. The van der Waals surface area contributed by atoms with Crippen LogP contribution in [0.4, 0.5) is 0 Å². The van der Waals surface area contributed by atoms with Crippen LogP contribution in [0.3, 0.4) is 0 Å². The summed E-state index contributed by atoms with van der Waals surface area (Å²) in [7, 11) is 1.70. The number of ether oxygens (including phenoxy) is 1. The highest BCUT2D eigenvalue weighted by Crippen LogP contribution is 2.44. The lowest BCUT2D eigenvalue weighted by molar-refractivity contribution is 0.406. The Kier molecular flexibility index (Phi) is 5.16. The van der Waals surface area contributed by atoms with Crippen LogP contribution in [0.25, 0.3) is 0 Å². The van der Waals surface area contributed by atoms with Gasteiger partial charge in [-0.05, 0) is 42.7 Å². The average Bonchev–Trinajstić information content (AvgIpc) is 2.42. The van der Waals surface area contributed by atoms with Crippen LogP contribution >= 0.6 is 43.5 Å². The maximum Gasteiger partial charge on any atom is 0.126 e. The molecule has 0 N–H and O–H groups in total. The van der Waals surface area contributed by atoms with Gasteiger partial charge in [-0.2, -0.15) is 0 Å². The smallest absolute Gasteiger partial charge is 0.126 e. The highest BCUT2D eigenvalue weighted by molar-refractivity contribution is 9.10. The molecule has 0 saturated heterocycles. The SMILES string of the molecule is COc1c(C)cc(Br)c(C)c1C(Br)c1ccccc1Cl. The number of rotatable bonds is 3. The summed E-state index contributed by atoms with van der Waals surface area (Å²) in [4.78, 5) is -0.0117. The number of methoxy groups -OCH3 is 1. The van der Waals surface area contributed by atoms with Crippen LogP contribution in [-0.2, 0) is 0 Å². The van der Waals surface area contributed by atoms with Crippen molar-refractivity contribution in [1.82, 2.24) is 0 Å².